The maximum absolute atomic E-state index is 7.35. The van der Waals surface area contributed by atoms with Gasteiger partial charge in [0, 0.05) is 23.2 Å². The van der Waals surface area contributed by atoms with Gasteiger partial charge in [0.1, 0.15) is 5.84 Å². The Morgan fingerprint density at radius 3 is 2.65 bits per heavy atom. The lowest BCUT2D eigenvalue weighted by atomic mass is 10.1. The van der Waals surface area contributed by atoms with Crippen LogP contribution in [-0.4, -0.2) is 23.8 Å². The molecule has 1 atom stereocenters. The van der Waals surface area contributed by atoms with Crippen LogP contribution >= 0.6 is 11.6 Å². The van der Waals surface area contributed by atoms with E-state index < -0.39 is 0 Å². The fraction of sp³-hybridized carbons (Fsp3) is 0.462. The lowest BCUT2D eigenvalue weighted by Crippen LogP contribution is -2.27. The van der Waals surface area contributed by atoms with Crippen LogP contribution in [-0.2, 0) is 6.54 Å². The number of hydrogen-bond acceptors (Lipinski definition) is 2. The smallest absolute Gasteiger partial charge is 0.122 e. The van der Waals surface area contributed by atoms with Gasteiger partial charge >= 0.3 is 0 Å². The summed E-state index contributed by atoms with van der Waals surface area (Å²) in [7, 11) is 2.09. The highest BCUT2D eigenvalue weighted by Gasteiger charge is 2.10. The van der Waals surface area contributed by atoms with E-state index in [0.717, 1.165) is 18.5 Å². The minimum absolute atomic E-state index is 0.0498. The Bertz CT molecular complexity index is 404. The van der Waals surface area contributed by atoms with Gasteiger partial charge in [-0.05, 0) is 32.0 Å². The average molecular weight is 254 g/mol. The van der Waals surface area contributed by atoms with Crippen molar-refractivity contribution in [2.45, 2.75) is 32.9 Å². The SMILES string of the molecule is CCC(C)N(C)Cc1ccc(C(=N)N)cc1Cl. The van der Waals surface area contributed by atoms with E-state index in [-0.39, 0.29) is 5.84 Å². The molecule has 0 aliphatic heterocycles. The fourth-order valence-corrected chi connectivity index (χ4v) is 1.82. The summed E-state index contributed by atoms with van der Waals surface area (Å²) in [5.74, 6) is 0.0498. The molecule has 3 nitrogen and oxygen atoms in total. The Balaban J connectivity index is 2.82. The van der Waals surface area contributed by atoms with E-state index >= 15 is 0 Å². The number of amidine groups is 1. The van der Waals surface area contributed by atoms with Crippen molar-refractivity contribution in [2.24, 2.45) is 5.73 Å². The Labute approximate surface area is 108 Å². The molecule has 1 unspecified atom stereocenters. The summed E-state index contributed by atoms with van der Waals surface area (Å²) in [6, 6.07) is 6.06. The Morgan fingerprint density at radius 2 is 2.18 bits per heavy atom. The number of benzene rings is 1. The van der Waals surface area contributed by atoms with Crippen LogP contribution in [0.3, 0.4) is 0 Å². The van der Waals surface area contributed by atoms with Crippen molar-refractivity contribution in [3.63, 3.8) is 0 Å². The molecule has 0 aromatic heterocycles. The molecule has 0 saturated carbocycles. The predicted octanol–water partition coefficient (Wildman–Crippen LogP) is 2.85. The van der Waals surface area contributed by atoms with Gasteiger partial charge in [-0.25, -0.2) is 0 Å². The van der Waals surface area contributed by atoms with Crippen LogP contribution in [0, 0.1) is 5.41 Å². The van der Waals surface area contributed by atoms with Gasteiger partial charge in [-0.3, -0.25) is 10.3 Å². The van der Waals surface area contributed by atoms with Crippen molar-refractivity contribution in [2.75, 3.05) is 7.05 Å². The molecule has 0 saturated heterocycles. The molecule has 1 rings (SSSR count). The van der Waals surface area contributed by atoms with Crippen LogP contribution in [0.5, 0.6) is 0 Å². The first-order chi connectivity index (χ1) is 7.95. The standard InChI is InChI=1S/C13H20ClN3/c1-4-9(2)17(3)8-11-6-5-10(13(15)16)7-12(11)14/h5-7,9H,4,8H2,1-3H3,(H3,15,16). The topological polar surface area (TPSA) is 53.1 Å². The van der Waals surface area contributed by atoms with Gasteiger partial charge in [-0.2, -0.15) is 0 Å². The first-order valence-corrected chi connectivity index (χ1v) is 6.16. The van der Waals surface area contributed by atoms with Crippen molar-refractivity contribution in [3.8, 4) is 0 Å². The first-order valence-electron chi connectivity index (χ1n) is 5.78. The normalized spacial score (nSPS) is 12.8. The molecule has 0 bridgehead atoms. The van der Waals surface area contributed by atoms with Gasteiger partial charge in [0.25, 0.3) is 0 Å². The van der Waals surface area contributed by atoms with Crippen LogP contribution in [0.2, 0.25) is 5.02 Å². The van der Waals surface area contributed by atoms with Crippen molar-refractivity contribution >= 4 is 17.4 Å². The predicted molar refractivity (Wildman–Crippen MR) is 73.7 cm³/mol. The summed E-state index contributed by atoms with van der Waals surface area (Å²) in [5, 5.41) is 8.02. The third-order valence-electron chi connectivity index (χ3n) is 3.13. The summed E-state index contributed by atoms with van der Waals surface area (Å²) in [6.45, 7) is 5.17. The van der Waals surface area contributed by atoms with E-state index in [9.17, 15) is 0 Å². The second kappa shape index (κ2) is 6.03. The third kappa shape index (κ3) is 3.72. The maximum Gasteiger partial charge on any atom is 0.122 e. The minimum atomic E-state index is 0.0498. The highest BCUT2D eigenvalue weighted by molar-refractivity contribution is 6.31. The van der Waals surface area contributed by atoms with Crippen LogP contribution in [0.25, 0.3) is 0 Å². The molecule has 17 heavy (non-hydrogen) atoms. The Hall–Kier alpha value is -1.06. The molecule has 0 spiro atoms. The van der Waals surface area contributed by atoms with Crippen LogP contribution in [0.4, 0.5) is 0 Å². The van der Waals surface area contributed by atoms with E-state index in [1.54, 1.807) is 6.07 Å². The van der Waals surface area contributed by atoms with E-state index in [0.29, 0.717) is 16.6 Å². The number of halogens is 1. The monoisotopic (exact) mass is 253 g/mol. The number of hydrogen-bond donors (Lipinski definition) is 2. The largest absolute Gasteiger partial charge is 0.384 e. The van der Waals surface area contributed by atoms with E-state index in [1.807, 2.05) is 12.1 Å². The number of nitrogens with two attached hydrogens (primary N) is 1. The molecule has 0 fully saturated rings. The molecular weight excluding hydrogens is 234 g/mol. The minimum Gasteiger partial charge on any atom is -0.384 e. The first kappa shape index (κ1) is 14.0. The van der Waals surface area contributed by atoms with E-state index in [4.69, 9.17) is 22.7 Å². The quantitative estimate of drug-likeness (QED) is 0.626. The average Bonchev–Trinajstić information content (AvgIpc) is 2.30. The van der Waals surface area contributed by atoms with Gasteiger partial charge < -0.3 is 5.73 Å². The van der Waals surface area contributed by atoms with Crippen LogP contribution < -0.4 is 5.73 Å². The fourth-order valence-electron chi connectivity index (χ4n) is 1.58. The molecule has 0 aliphatic carbocycles. The zero-order valence-electron chi connectivity index (χ0n) is 10.6. The summed E-state index contributed by atoms with van der Waals surface area (Å²) in [6.07, 6.45) is 1.11. The van der Waals surface area contributed by atoms with Crippen molar-refractivity contribution < 1.29 is 0 Å². The van der Waals surface area contributed by atoms with Crippen molar-refractivity contribution in [1.82, 2.24) is 4.90 Å². The van der Waals surface area contributed by atoms with E-state index in [1.165, 1.54) is 0 Å². The third-order valence-corrected chi connectivity index (χ3v) is 3.48. The number of nitrogens with zero attached hydrogens (tertiary/aromatic N) is 1. The molecule has 4 heteroatoms. The number of nitrogen functional groups attached to an aromatic ring is 1. The molecule has 1 aromatic rings. The number of nitrogens with one attached hydrogen (secondary N) is 1. The summed E-state index contributed by atoms with van der Waals surface area (Å²) in [5.41, 5.74) is 7.16. The van der Waals surface area contributed by atoms with Gasteiger partial charge in [-0.15, -0.1) is 0 Å². The highest BCUT2D eigenvalue weighted by Crippen LogP contribution is 2.20. The zero-order chi connectivity index (χ0) is 13.0. The molecule has 0 aliphatic rings. The number of rotatable bonds is 5. The molecule has 0 radical (unpaired) electrons. The summed E-state index contributed by atoms with van der Waals surface area (Å²) in [4.78, 5) is 2.26. The second-order valence-corrected chi connectivity index (χ2v) is 4.80. The van der Waals surface area contributed by atoms with Gasteiger partial charge in [0.05, 0.1) is 0 Å². The second-order valence-electron chi connectivity index (χ2n) is 4.39. The van der Waals surface area contributed by atoms with Crippen LogP contribution in [0.15, 0.2) is 18.2 Å². The maximum atomic E-state index is 7.35. The summed E-state index contributed by atoms with van der Waals surface area (Å²) >= 11 is 6.19. The zero-order valence-corrected chi connectivity index (χ0v) is 11.4. The van der Waals surface area contributed by atoms with Gasteiger partial charge in [0.2, 0.25) is 0 Å². The Kier molecular flexibility index (Phi) is 4.97. The molecule has 3 N–H and O–H groups in total. The lowest BCUT2D eigenvalue weighted by molar-refractivity contribution is 0.244. The van der Waals surface area contributed by atoms with Crippen molar-refractivity contribution in [1.29, 1.82) is 5.41 Å². The highest BCUT2D eigenvalue weighted by atomic mass is 35.5. The molecule has 0 heterocycles. The van der Waals surface area contributed by atoms with E-state index in [2.05, 4.69) is 25.8 Å². The van der Waals surface area contributed by atoms with Crippen molar-refractivity contribution in [3.05, 3.63) is 34.3 Å². The summed E-state index contributed by atoms with van der Waals surface area (Å²) < 4.78 is 0. The molecule has 94 valence electrons. The molecule has 0 amide bonds. The molecule has 1 aromatic carbocycles. The molecular formula is C13H20ClN3. The van der Waals surface area contributed by atoms with Gasteiger partial charge in [-0.1, -0.05) is 30.7 Å². The lowest BCUT2D eigenvalue weighted by Gasteiger charge is -2.24. The van der Waals surface area contributed by atoms with Crippen LogP contribution in [0.1, 0.15) is 31.4 Å². The van der Waals surface area contributed by atoms with Gasteiger partial charge in [0.15, 0.2) is 0 Å². The Morgan fingerprint density at radius 1 is 1.53 bits per heavy atom.